The summed E-state index contributed by atoms with van der Waals surface area (Å²) in [7, 11) is 0. The van der Waals surface area contributed by atoms with Gasteiger partial charge in [0.2, 0.25) is 0 Å². The lowest BCUT2D eigenvalue weighted by Gasteiger charge is -2.55. The predicted octanol–water partition coefficient (Wildman–Crippen LogP) is 3.60. The molecule has 2 aliphatic rings. The van der Waals surface area contributed by atoms with Gasteiger partial charge in [0.1, 0.15) is 0 Å². The van der Waals surface area contributed by atoms with Gasteiger partial charge in [0, 0.05) is 6.04 Å². The third-order valence-corrected chi connectivity index (χ3v) is 5.42. The van der Waals surface area contributed by atoms with Gasteiger partial charge in [0.25, 0.3) is 0 Å². The van der Waals surface area contributed by atoms with Gasteiger partial charge in [0.05, 0.1) is 13.2 Å². The fourth-order valence-electron chi connectivity index (χ4n) is 3.84. The molecule has 3 unspecified atom stereocenters. The van der Waals surface area contributed by atoms with Gasteiger partial charge in [-0.3, -0.25) is 0 Å². The van der Waals surface area contributed by atoms with Crippen LogP contribution in [0.15, 0.2) is 18.2 Å². The first kappa shape index (κ1) is 13.1. The van der Waals surface area contributed by atoms with E-state index >= 15 is 0 Å². The molecule has 2 heteroatoms. The predicted molar refractivity (Wildman–Crippen MR) is 78.2 cm³/mol. The first-order chi connectivity index (χ1) is 9.19. The number of ether oxygens (including phenoxy) is 1. The first-order valence-corrected chi connectivity index (χ1v) is 7.62. The second-order valence-corrected chi connectivity index (χ2v) is 6.28. The van der Waals surface area contributed by atoms with Crippen LogP contribution in [0.1, 0.15) is 56.2 Å². The van der Waals surface area contributed by atoms with E-state index in [2.05, 4.69) is 44.3 Å². The van der Waals surface area contributed by atoms with Crippen LogP contribution in [0.3, 0.4) is 0 Å². The molecule has 1 fully saturated rings. The monoisotopic (exact) mass is 259 g/mol. The zero-order valence-corrected chi connectivity index (χ0v) is 12.3. The number of hydrogen-bond donors (Lipinski definition) is 1. The third kappa shape index (κ3) is 2.02. The maximum Gasteiger partial charge on any atom is 0.0725 e. The van der Waals surface area contributed by atoms with E-state index in [0.29, 0.717) is 17.4 Å². The summed E-state index contributed by atoms with van der Waals surface area (Å²) in [6, 6.07) is 7.67. The van der Waals surface area contributed by atoms with Crippen molar-refractivity contribution in [3.05, 3.63) is 34.9 Å². The highest BCUT2D eigenvalue weighted by Crippen LogP contribution is 2.55. The van der Waals surface area contributed by atoms with Crippen LogP contribution in [0.4, 0.5) is 0 Å². The van der Waals surface area contributed by atoms with Crippen molar-refractivity contribution in [3.63, 3.8) is 0 Å². The van der Waals surface area contributed by atoms with E-state index in [9.17, 15) is 0 Å². The molecule has 0 aromatic heterocycles. The Morgan fingerprint density at radius 3 is 2.79 bits per heavy atom. The Labute approximate surface area is 116 Å². The van der Waals surface area contributed by atoms with Crippen molar-refractivity contribution in [3.8, 4) is 0 Å². The Hall–Kier alpha value is -0.860. The number of fused-ring (bicyclic) bond motifs is 1. The van der Waals surface area contributed by atoms with Gasteiger partial charge < -0.3 is 10.1 Å². The second kappa shape index (κ2) is 4.92. The molecule has 3 atom stereocenters. The maximum absolute atomic E-state index is 5.53. The molecule has 1 aliphatic carbocycles. The minimum atomic E-state index is 0.406. The summed E-state index contributed by atoms with van der Waals surface area (Å²) in [5.41, 5.74) is 4.71. The van der Waals surface area contributed by atoms with Crippen LogP contribution in [0, 0.1) is 5.41 Å². The summed E-state index contributed by atoms with van der Waals surface area (Å²) in [5, 5.41) is 3.65. The van der Waals surface area contributed by atoms with Crippen molar-refractivity contribution in [2.45, 2.75) is 58.8 Å². The SMILES string of the molecule is CCNC1CC(c2ccc3c(c2)COC3)C1(C)CC. The number of hydrogen-bond acceptors (Lipinski definition) is 2. The molecule has 1 aromatic rings. The normalized spacial score (nSPS) is 33.0. The van der Waals surface area contributed by atoms with Gasteiger partial charge in [-0.15, -0.1) is 0 Å². The Kier molecular flexibility index (Phi) is 3.40. The smallest absolute Gasteiger partial charge is 0.0725 e. The lowest BCUT2D eigenvalue weighted by Crippen LogP contribution is -2.56. The molecule has 1 N–H and O–H groups in total. The van der Waals surface area contributed by atoms with Crippen LogP contribution in [0.2, 0.25) is 0 Å². The van der Waals surface area contributed by atoms with Crippen LogP contribution in [0.25, 0.3) is 0 Å². The summed E-state index contributed by atoms with van der Waals surface area (Å²) >= 11 is 0. The van der Waals surface area contributed by atoms with Crippen molar-refractivity contribution in [1.29, 1.82) is 0 Å². The average molecular weight is 259 g/mol. The highest BCUT2D eigenvalue weighted by atomic mass is 16.5. The van der Waals surface area contributed by atoms with E-state index in [1.54, 1.807) is 0 Å². The molecule has 0 amide bonds. The van der Waals surface area contributed by atoms with Gasteiger partial charge in [-0.1, -0.05) is 39.0 Å². The molecule has 1 saturated carbocycles. The van der Waals surface area contributed by atoms with E-state index in [-0.39, 0.29) is 0 Å². The molecule has 1 heterocycles. The Balaban J connectivity index is 1.83. The summed E-state index contributed by atoms with van der Waals surface area (Å²) in [4.78, 5) is 0. The Morgan fingerprint density at radius 1 is 1.26 bits per heavy atom. The van der Waals surface area contributed by atoms with Crippen LogP contribution in [-0.4, -0.2) is 12.6 Å². The van der Waals surface area contributed by atoms with Gasteiger partial charge in [-0.05, 0) is 47.4 Å². The summed E-state index contributed by atoms with van der Waals surface area (Å²) < 4.78 is 5.53. The molecule has 3 rings (SSSR count). The highest BCUT2D eigenvalue weighted by molar-refractivity contribution is 5.37. The van der Waals surface area contributed by atoms with Crippen molar-refractivity contribution in [1.82, 2.24) is 5.32 Å². The fraction of sp³-hybridized carbons (Fsp3) is 0.647. The fourth-order valence-corrected chi connectivity index (χ4v) is 3.84. The van der Waals surface area contributed by atoms with Gasteiger partial charge in [0.15, 0.2) is 0 Å². The van der Waals surface area contributed by atoms with Gasteiger partial charge >= 0.3 is 0 Å². The topological polar surface area (TPSA) is 21.3 Å². The van der Waals surface area contributed by atoms with Crippen LogP contribution < -0.4 is 5.32 Å². The zero-order valence-electron chi connectivity index (χ0n) is 12.3. The van der Waals surface area contributed by atoms with E-state index in [1.165, 1.54) is 29.5 Å². The number of benzene rings is 1. The minimum absolute atomic E-state index is 0.406. The second-order valence-electron chi connectivity index (χ2n) is 6.28. The maximum atomic E-state index is 5.53. The summed E-state index contributed by atoms with van der Waals surface area (Å²) in [6.07, 6.45) is 2.51. The summed E-state index contributed by atoms with van der Waals surface area (Å²) in [6.45, 7) is 9.65. The average Bonchev–Trinajstić information content (AvgIpc) is 2.89. The molecular weight excluding hydrogens is 234 g/mol. The molecule has 0 spiro atoms. The van der Waals surface area contributed by atoms with E-state index in [0.717, 1.165) is 19.8 Å². The molecule has 1 aromatic carbocycles. The number of rotatable bonds is 4. The standard InChI is InChI=1S/C17H25NO/c1-4-17(3)15(9-16(17)18-5-2)12-6-7-13-10-19-11-14(13)8-12/h6-8,15-16,18H,4-5,9-11H2,1-3H3. The first-order valence-electron chi connectivity index (χ1n) is 7.62. The van der Waals surface area contributed by atoms with E-state index < -0.39 is 0 Å². The number of nitrogens with one attached hydrogen (secondary N) is 1. The molecule has 0 bridgehead atoms. The van der Waals surface area contributed by atoms with Gasteiger partial charge in [-0.25, -0.2) is 0 Å². The molecule has 1 aliphatic heterocycles. The Morgan fingerprint density at radius 2 is 2.05 bits per heavy atom. The highest BCUT2D eigenvalue weighted by Gasteiger charge is 2.50. The molecule has 0 saturated heterocycles. The van der Waals surface area contributed by atoms with Crippen LogP contribution in [0.5, 0.6) is 0 Å². The third-order valence-electron chi connectivity index (χ3n) is 5.42. The molecule has 19 heavy (non-hydrogen) atoms. The zero-order chi connectivity index (χ0) is 13.5. The molecule has 2 nitrogen and oxygen atoms in total. The van der Waals surface area contributed by atoms with Crippen molar-refractivity contribution in [2.75, 3.05) is 6.54 Å². The lowest BCUT2D eigenvalue weighted by molar-refractivity contribution is 0.0454. The van der Waals surface area contributed by atoms with Crippen molar-refractivity contribution in [2.24, 2.45) is 5.41 Å². The molecule has 0 radical (unpaired) electrons. The largest absolute Gasteiger partial charge is 0.372 e. The molecule has 104 valence electrons. The molecular formula is C17H25NO. The van der Waals surface area contributed by atoms with E-state index in [4.69, 9.17) is 4.74 Å². The minimum Gasteiger partial charge on any atom is -0.372 e. The van der Waals surface area contributed by atoms with Gasteiger partial charge in [-0.2, -0.15) is 0 Å². The van der Waals surface area contributed by atoms with Crippen LogP contribution >= 0.6 is 0 Å². The van der Waals surface area contributed by atoms with E-state index in [1.807, 2.05) is 0 Å². The quantitative estimate of drug-likeness (QED) is 0.892. The summed E-state index contributed by atoms with van der Waals surface area (Å²) in [5.74, 6) is 0.701. The Bertz CT molecular complexity index is 470. The van der Waals surface area contributed by atoms with Crippen molar-refractivity contribution >= 4 is 0 Å². The van der Waals surface area contributed by atoms with Crippen molar-refractivity contribution < 1.29 is 4.74 Å². The van der Waals surface area contributed by atoms with Crippen LogP contribution in [-0.2, 0) is 18.0 Å². The lowest BCUT2D eigenvalue weighted by atomic mass is 9.54.